The summed E-state index contributed by atoms with van der Waals surface area (Å²) in [6, 6.07) is 15.9. The Morgan fingerprint density at radius 1 is 0.900 bits per heavy atom. The predicted molar refractivity (Wildman–Crippen MR) is 124 cm³/mol. The Balaban J connectivity index is 1.87. The fourth-order valence-electron chi connectivity index (χ4n) is 4.19. The molecule has 1 N–H and O–H groups in total. The molecule has 0 fully saturated rings. The molecule has 30 heavy (non-hydrogen) atoms. The van der Waals surface area contributed by atoms with E-state index in [-0.39, 0.29) is 5.91 Å². The highest BCUT2D eigenvalue weighted by Gasteiger charge is 2.43. The lowest BCUT2D eigenvalue weighted by atomic mass is 9.92. The van der Waals surface area contributed by atoms with Crippen molar-refractivity contribution in [3.8, 4) is 5.75 Å². The van der Waals surface area contributed by atoms with Crippen molar-refractivity contribution in [1.82, 2.24) is 4.90 Å². The molecule has 1 unspecified atom stereocenters. The number of unbranched alkanes of at least 4 members (excludes halogenated alkanes) is 5. The van der Waals surface area contributed by atoms with Gasteiger partial charge in [0.1, 0.15) is 11.4 Å². The van der Waals surface area contributed by atoms with Crippen LogP contribution in [0.2, 0.25) is 0 Å². The SMILES string of the molecule is CCCCCCCOc1ccccc1C1(C)Nc2ccccc2C(=O)N1CCCC. The van der Waals surface area contributed by atoms with E-state index in [2.05, 4.69) is 32.2 Å². The molecule has 4 nitrogen and oxygen atoms in total. The predicted octanol–water partition coefficient (Wildman–Crippen LogP) is 6.58. The summed E-state index contributed by atoms with van der Waals surface area (Å²) in [7, 11) is 0. The van der Waals surface area contributed by atoms with Crippen LogP contribution in [0.25, 0.3) is 0 Å². The number of ether oxygens (including phenoxy) is 1. The highest BCUT2D eigenvalue weighted by Crippen LogP contribution is 2.41. The van der Waals surface area contributed by atoms with E-state index in [1.807, 2.05) is 47.4 Å². The summed E-state index contributed by atoms with van der Waals surface area (Å²) in [5.74, 6) is 0.936. The summed E-state index contributed by atoms with van der Waals surface area (Å²) in [5, 5.41) is 3.66. The van der Waals surface area contributed by atoms with Crippen LogP contribution in [0.1, 0.15) is 81.6 Å². The molecule has 1 aliphatic heterocycles. The average molecular weight is 409 g/mol. The Hall–Kier alpha value is -2.49. The number of fused-ring (bicyclic) bond motifs is 1. The smallest absolute Gasteiger partial charge is 0.258 e. The molecule has 0 bridgehead atoms. The first-order chi connectivity index (χ1) is 14.6. The summed E-state index contributed by atoms with van der Waals surface area (Å²) in [6.07, 6.45) is 8.04. The van der Waals surface area contributed by atoms with Gasteiger partial charge in [0.2, 0.25) is 0 Å². The van der Waals surface area contributed by atoms with Crippen LogP contribution < -0.4 is 10.1 Å². The first kappa shape index (κ1) is 22.2. The Kier molecular flexibility index (Phi) is 7.78. The normalized spacial score (nSPS) is 18.1. The number of rotatable bonds is 11. The second-order valence-electron chi connectivity index (χ2n) is 8.31. The molecule has 2 aromatic carbocycles. The number of hydrogen-bond acceptors (Lipinski definition) is 3. The van der Waals surface area contributed by atoms with E-state index in [4.69, 9.17) is 4.74 Å². The lowest BCUT2D eigenvalue weighted by molar-refractivity contribution is 0.0525. The zero-order chi connectivity index (χ0) is 21.4. The van der Waals surface area contributed by atoms with Crippen molar-refractivity contribution < 1.29 is 9.53 Å². The van der Waals surface area contributed by atoms with Gasteiger partial charge in [0, 0.05) is 17.8 Å². The standard InChI is InChI=1S/C26H36N2O2/c1-4-6-8-9-14-20-30-24-18-13-11-16-22(24)26(3)27-23-17-12-10-15-21(23)25(29)28(26)19-7-5-2/h10-13,15-18,27H,4-9,14,19-20H2,1-3H3. The summed E-state index contributed by atoms with van der Waals surface area (Å²) in [6.45, 7) is 7.89. The van der Waals surface area contributed by atoms with E-state index in [9.17, 15) is 4.79 Å². The Morgan fingerprint density at radius 2 is 1.60 bits per heavy atom. The van der Waals surface area contributed by atoms with E-state index in [0.29, 0.717) is 13.2 Å². The number of nitrogens with one attached hydrogen (secondary N) is 1. The molecule has 3 rings (SSSR count). The summed E-state index contributed by atoms with van der Waals surface area (Å²) in [5.41, 5.74) is 1.98. The number of amides is 1. The average Bonchev–Trinajstić information content (AvgIpc) is 2.76. The maximum atomic E-state index is 13.4. The van der Waals surface area contributed by atoms with Crippen LogP contribution >= 0.6 is 0 Å². The molecule has 0 spiro atoms. The van der Waals surface area contributed by atoms with Crippen LogP contribution in [0, 0.1) is 0 Å². The molecule has 0 saturated carbocycles. The zero-order valence-electron chi connectivity index (χ0n) is 18.7. The van der Waals surface area contributed by atoms with Crippen LogP contribution in [0.5, 0.6) is 5.75 Å². The lowest BCUT2D eigenvalue weighted by Gasteiger charge is -2.47. The number of nitrogens with zero attached hydrogens (tertiary/aromatic N) is 1. The van der Waals surface area contributed by atoms with Crippen LogP contribution in [0.3, 0.4) is 0 Å². The van der Waals surface area contributed by atoms with E-state index < -0.39 is 5.66 Å². The van der Waals surface area contributed by atoms with Gasteiger partial charge in [0.25, 0.3) is 5.91 Å². The van der Waals surface area contributed by atoms with Gasteiger partial charge in [-0.25, -0.2) is 0 Å². The van der Waals surface area contributed by atoms with Crippen LogP contribution in [0.15, 0.2) is 48.5 Å². The minimum Gasteiger partial charge on any atom is -0.493 e. The van der Waals surface area contributed by atoms with Gasteiger partial charge < -0.3 is 15.0 Å². The Morgan fingerprint density at radius 3 is 2.40 bits per heavy atom. The van der Waals surface area contributed by atoms with E-state index in [1.165, 1.54) is 25.7 Å². The highest BCUT2D eigenvalue weighted by atomic mass is 16.5. The van der Waals surface area contributed by atoms with Crippen molar-refractivity contribution in [2.45, 2.75) is 71.4 Å². The molecule has 2 aromatic rings. The summed E-state index contributed by atoms with van der Waals surface area (Å²) >= 11 is 0. The van der Waals surface area contributed by atoms with Gasteiger partial charge in [-0.3, -0.25) is 4.79 Å². The highest BCUT2D eigenvalue weighted by molar-refractivity contribution is 6.02. The van der Waals surface area contributed by atoms with Gasteiger partial charge >= 0.3 is 0 Å². The second-order valence-corrected chi connectivity index (χ2v) is 8.31. The largest absolute Gasteiger partial charge is 0.493 e. The number of carbonyl (C=O) groups is 1. The number of anilines is 1. The Bertz CT molecular complexity index is 835. The quantitative estimate of drug-likeness (QED) is 0.427. The molecule has 0 saturated heterocycles. The van der Waals surface area contributed by atoms with E-state index in [0.717, 1.165) is 41.8 Å². The molecule has 1 amide bonds. The van der Waals surface area contributed by atoms with Crippen molar-refractivity contribution in [1.29, 1.82) is 0 Å². The van der Waals surface area contributed by atoms with Gasteiger partial charge in [-0.05, 0) is 38.0 Å². The van der Waals surface area contributed by atoms with Crippen LogP contribution in [-0.2, 0) is 5.66 Å². The first-order valence-corrected chi connectivity index (χ1v) is 11.5. The van der Waals surface area contributed by atoms with Crippen molar-refractivity contribution in [3.63, 3.8) is 0 Å². The van der Waals surface area contributed by atoms with Gasteiger partial charge in [-0.15, -0.1) is 0 Å². The maximum absolute atomic E-state index is 13.4. The zero-order valence-corrected chi connectivity index (χ0v) is 18.7. The van der Waals surface area contributed by atoms with Crippen LogP contribution in [-0.4, -0.2) is 24.0 Å². The van der Waals surface area contributed by atoms with Crippen LogP contribution in [0.4, 0.5) is 5.69 Å². The minimum absolute atomic E-state index is 0.0784. The maximum Gasteiger partial charge on any atom is 0.258 e. The molecule has 162 valence electrons. The van der Waals surface area contributed by atoms with Gasteiger partial charge in [0.05, 0.1) is 12.2 Å². The lowest BCUT2D eigenvalue weighted by Crippen LogP contribution is -2.56. The van der Waals surface area contributed by atoms with Gasteiger partial charge in [-0.2, -0.15) is 0 Å². The topological polar surface area (TPSA) is 41.6 Å². The van der Waals surface area contributed by atoms with Crippen molar-refractivity contribution in [2.24, 2.45) is 0 Å². The minimum atomic E-state index is -0.653. The number of para-hydroxylation sites is 2. The van der Waals surface area contributed by atoms with E-state index >= 15 is 0 Å². The number of benzene rings is 2. The molecular weight excluding hydrogens is 372 g/mol. The fraction of sp³-hybridized carbons (Fsp3) is 0.500. The van der Waals surface area contributed by atoms with Gasteiger partial charge in [0.15, 0.2) is 0 Å². The third kappa shape index (κ3) is 4.80. The van der Waals surface area contributed by atoms with Crippen molar-refractivity contribution in [2.75, 3.05) is 18.5 Å². The third-order valence-electron chi connectivity index (χ3n) is 5.97. The molecular formula is C26H36N2O2. The molecule has 1 heterocycles. The molecule has 4 heteroatoms. The monoisotopic (exact) mass is 408 g/mol. The fourth-order valence-corrected chi connectivity index (χ4v) is 4.19. The second kappa shape index (κ2) is 10.5. The van der Waals surface area contributed by atoms with Gasteiger partial charge in [-0.1, -0.05) is 76.3 Å². The first-order valence-electron chi connectivity index (χ1n) is 11.5. The van der Waals surface area contributed by atoms with Crippen molar-refractivity contribution in [3.05, 3.63) is 59.7 Å². The molecule has 0 aromatic heterocycles. The molecule has 1 atom stereocenters. The summed E-state index contributed by atoms with van der Waals surface area (Å²) < 4.78 is 6.23. The Labute approximate surface area is 181 Å². The van der Waals surface area contributed by atoms with Crippen molar-refractivity contribution >= 4 is 11.6 Å². The van der Waals surface area contributed by atoms with E-state index in [1.54, 1.807) is 0 Å². The summed E-state index contributed by atoms with van der Waals surface area (Å²) in [4.78, 5) is 15.4. The molecule has 0 radical (unpaired) electrons. The number of carbonyl (C=O) groups excluding carboxylic acids is 1. The third-order valence-corrected chi connectivity index (χ3v) is 5.97. The number of hydrogen-bond donors (Lipinski definition) is 1. The molecule has 0 aliphatic carbocycles. The molecule has 1 aliphatic rings.